The summed E-state index contributed by atoms with van der Waals surface area (Å²) in [6.45, 7) is 0. The van der Waals surface area contributed by atoms with E-state index < -0.39 is 5.97 Å². The van der Waals surface area contributed by atoms with E-state index in [4.69, 9.17) is 9.52 Å². The number of carboxylic acids is 1. The number of carbonyl (C=O) groups is 1. The monoisotopic (exact) mass is 208 g/mol. The highest BCUT2D eigenvalue weighted by Gasteiger charge is 1.94. The maximum atomic E-state index is 10.1. The van der Waals surface area contributed by atoms with Gasteiger partial charge in [0.15, 0.2) is 0 Å². The molecule has 0 fully saturated rings. The fraction of sp³-hybridized carbons (Fsp3) is 0.417. The molecule has 0 aliphatic rings. The smallest absolute Gasteiger partial charge is 0.327 e. The van der Waals surface area contributed by atoms with E-state index in [0.29, 0.717) is 0 Å². The molecule has 1 aromatic rings. The maximum Gasteiger partial charge on any atom is 0.327 e. The molecule has 3 heteroatoms. The Morgan fingerprint density at radius 3 is 2.93 bits per heavy atom. The van der Waals surface area contributed by atoms with E-state index in [1.54, 1.807) is 12.3 Å². The van der Waals surface area contributed by atoms with Gasteiger partial charge in [-0.1, -0.05) is 12.5 Å². The zero-order chi connectivity index (χ0) is 10.9. The fourth-order valence-electron chi connectivity index (χ4n) is 1.38. The highest BCUT2D eigenvalue weighted by Crippen LogP contribution is 2.08. The number of allylic oxidation sites excluding steroid dienone is 1. The number of aliphatic carboxylic acids is 1. The van der Waals surface area contributed by atoms with Crippen LogP contribution in [0.2, 0.25) is 0 Å². The Balaban J connectivity index is 1.96. The molecule has 1 heterocycles. The molecule has 0 amide bonds. The van der Waals surface area contributed by atoms with Gasteiger partial charge in [0.2, 0.25) is 0 Å². The van der Waals surface area contributed by atoms with E-state index in [2.05, 4.69) is 0 Å². The van der Waals surface area contributed by atoms with Crippen molar-refractivity contribution < 1.29 is 14.3 Å². The predicted molar refractivity (Wildman–Crippen MR) is 57.7 cm³/mol. The molecular weight excluding hydrogens is 192 g/mol. The van der Waals surface area contributed by atoms with Crippen LogP contribution in [0, 0.1) is 0 Å². The van der Waals surface area contributed by atoms with Gasteiger partial charge in [-0.05, 0) is 31.4 Å². The van der Waals surface area contributed by atoms with Crippen LogP contribution in [0.3, 0.4) is 0 Å². The lowest BCUT2D eigenvalue weighted by atomic mass is 10.1. The van der Waals surface area contributed by atoms with E-state index in [0.717, 1.165) is 37.9 Å². The lowest BCUT2D eigenvalue weighted by molar-refractivity contribution is -0.131. The van der Waals surface area contributed by atoms with Crippen molar-refractivity contribution in [3.05, 3.63) is 36.3 Å². The summed E-state index contributed by atoms with van der Waals surface area (Å²) < 4.78 is 5.20. The molecule has 1 aromatic heterocycles. The van der Waals surface area contributed by atoms with Gasteiger partial charge < -0.3 is 9.52 Å². The molecular formula is C12H16O3. The van der Waals surface area contributed by atoms with Gasteiger partial charge in [0, 0.05) is 12.5 Å². The minimum Gasteiger partial charge on any atom is -0.478 e. The van der Waals surface area contributed by atoms with Crippen molar-refractivity contribution in [1.82, 2.24) is 0 Å². The van der Waals surface area contributed by atoms with E-state index in [9.17, 15) is 4.79 Å². The summed E-state index contributed by atoms with van der Waals surface area (Å²) in [5.41, 5.74) is 0. The molecule has 0 saturated carbocycles. The maximum absolute atomic E-state index is 10.1. The predicted octanol–water partition coefficient (Wildman–Crippen LogP) is 3.02. The van der Waals surface area contributed by atoms with Gasteiger partial charge in [-0.3, -0.25) is 0 Å². The minimum absolute atomic E-state index is 0.838. The second kappa shape index (κ2) is 6.87. The summed E-state index contributed by atoms with van der Waals surface area (Å²) >= 11 is 0. The molecule has 0 aliphatic carbocycles. The Bertz CT molecular complexity index is 299. The summed E-state index contributed by atoms with van der Waals surface area (Å²) in [5, 5.41) is 8.34. The summed E-state index contributed by atoms with van der Waals surface area (Å²) in [5.74, 6) is 0.154. The van der Waals surface area contributed by atoms with Crippen LogP contribution in [0.25, 0.3) is 0 Å². The van der Waals surface area contributed by atoms with Gasteiger partial charge in [0.25, 0.3) is 0 Å². The first-order valence-corrected chi connectivity index (χ1v) is 5.21. The van der Waals surface area contributed by atoms with Crippen LogP contribution in [0.1, 0.15) is 31.4 Å². The first-order valence-electron chi connectivity index (χ1n) is 5.21. The third-order valence-corrected chi connectivity index (χ3v) is 2.13. The molecule has 1 rings (SSSR count). The van der Waals surface area contributed by atoms with Crippen LogP contribution in [-0.2, 0) is 11.2 Å². The number of rotatable bonds is 7. The second-order valence-corrected chi connectivity index (χ2v) is 3.42. The van der Waals surface area contributed by atoms with Gasteiger partial charge in [-0.2, -0.15) is 0 Å². The van der Waals surface area contributed by atoms with Crippen molar-refractivity contribution in [3.8, 4) is 0 Å². The van der Waals surface area contributed by atoms with Crippen molar-refractivity contribution in [3.63, 3.8) is 0 Å². The zero-order valence-electron chi connectivity index (χ0n) is 8.69. The molecule has 0 aromatic carbocycles. The zero-order valence-corrected chi connectivity index (χ0v) is 8.69. The van der Waals surface area contributed by atoms with Crippen LogP contribution in [0.4, 0.5) is 0 Å². The van der Waals surface area contributed by atoms with E-state index in [-0.39, 0.29) is 0 Å². The van der Waals surface area contributed by atoms with Crippen molar-refractivity contribution in [2.45, 2.75) is 32.1 Å². The van der Waals surface area contributed by atoms with Crippen molar-refractivity contribution >= 4 is 5.97 Å². The molecule has 82 valence electrons. The van der Waals surface area contributed by atoms with Gasteiger partial charge >= 0.3 is 5.97 Å². The molecule has 0 bridgehead atoms. The number of aryl methyl sites for hydroxylation is 1. The van der Waals surface area contributed by atoms with Crippen LogP contribution in [-0.4, -0.2) is 11.1 Å². The first-order chi connectivity index (χ1) is 7.29. The molecule has 0 saturated heterocycles. The number of carboxylic acid groups (broad SMARTS) is 1. The topological polar surface area (TPSA) is 50.4 Å². The summed E-state index contributed by atoms with van der Waals surface area (Å²) in [6, 6.07) is 3.87. The van der Waals surface area contributed by atoms with Crippen LogP contribution < -0.4 is 0 Å². The molecule has 0 unspecified atom stereocenters. The highest BCUT2D eigenvalue weighted by molar-refractivity contribution is 5.79. The molecule has 0 aliphatic heterocycles. The van der Waals surface area contributed by atoms with Crippen molar-refractivity contribution in [2.24, 2.45) is 0 Å². The summed E-state index contributed by atoms with van der Waals surface area (Å²) in [6.07, 6.45) is 9.62. The molecule has 3 nitrogen and oxygen atoms in total. The van der Waals surface area contributed by atoms with E-state index in [1.165, 1.54) is 6.08 Å². The summed E-state index contributed by atoms with van der Waals surface area (Å²) in [4.78, 5) is 10.1. The Morgan fingerprint density at radius 2 is 2.27 bits per heavy atom. The third-order valence-electron chi connectivity index (χ3n) is 2.13. The number of furan rings is 1. The lowest BCUT2D eigenvalue weighted by Crippen LogP contribution is -1.86. The Morgan fingerprint density at radius 1 is 1.40 bits per heavy atom. The van der Waals surface area contributed by atoms with E-state index >= 15 is 0 Å². The highest BCUT2D eigenvalue weighted by atomic mass is 16.4. The minimum atomic E-state index is -0.870. The molecule has 0 radical (unpaired) electrons. The van der Waals surface area contributed by atoms with Gasteiger partial charge in [-0.15, -0.1) is 0 Å². The largest absolute Gasteiger partial charge is 0.478 e. The second-order valence-electron chi connectivity index (χ2n) is 3.42. The molecule has 0 atom stereocenters. The van der Waals surface area contributed by atoms with Crippen LogP contribution in [0.5, 0.6) is 0 Å². The number of unbranched alkanes of at least 4 members (excludes halogenated alkanes) is 3. The average molecular weight is 208 g/mol. The quantitative estimate of drug-likeness (QED) is 0.553. The van der Waals surface area contributed by atoms with Gasteiger partial charge in [0.05, 0.1) is 6.26 Å². The van der Waals surface area contributed by atoms with Crippen molar-refractivity contribution in [2.75, 3.05) is 0 Å². The Kier molecular flexibility index (Phi) is 5.30. The fourth-order valence-corrected chi connectivity index (χ4v) is 1.38. The average Bonchev–Trinajstić information content (AvgIpc) is 2.68. The Hall–Kier alpha value is -1.51. The van der Waals surface area contributed by atoms with Gasteiger partial charge in [-0.25, -0.2) is 4.79 Å². The standard InChI is InChI=1S/C12H16O3/c13-12(14)9-5-3-1-2-4-7-11-8-6-10-15-11/h5-6,8-10H,1-4,7H2,(H,13,14)/b9-5+. The molecule has 1 N–H and O–H groups in total. The number of hydrogen-bond acceptors (Lipinski definition) is 2. The third kappa shape index (κ3) is 5.73. The Labute approximate surface area is 89.4 Å². The van der Waals surface area contributed by atoms with Crippen LogP contribution >= 0.6 is 0 Å². The normalized spacial score (nSPS) is 10.9. The van der Waals surface area contributed by atoms with Gasteiger partial charge in [0.1, 0.15) is 5.76 Å². The summed E-state index contributed by atoms with van der Waals surface area (Å²) in [7, 11) is 0. The molecule has 0 spiro atoms. The van der Waals surface area contributed by atoms with Crippen LogP contribution in [0.15, 0.2) is 35.0 Å². The van der Waals surface area contributed by atoms with E-state index in [1.807, 2.05) is 12.1 Å². The number of hydrogen-bond donors (Lipinski definition) is 1. The SMILES string of the molecule is O=C(O)/C=C/CCCCCc1ccco1. The van der Waals surface area contributed by atoms with Crippen molar-refractivity contribution in [1.29, 1.82) is 0 Å². The first kappa shape index (κ1) is 11.6. The lowest BCUT2D eigenvalue weighted by Gasteiger charge is -1.96. The molecule has 15 heavy (non-hydrogen) atoms.